The third-order valence-electron chi connectivity index (χ3n) is 1.20. The number of rotatable bonds is 2. The minimum absolute atomic E-state index is 0.366. The minimum Gasteiger partial charge on any atom is -0.402 e. The predicted octanol–water partition coefficient (Wildman–Crippen LogP) is 1.40. The molecular weight excluding hydrogens is 221 g/mol. The molecule has 8 heteroatoms. The van der Waals surface area contributed by atoms with Crippen molar-refractivity contribution in [2.45, 2.75) is 6.36 Å². The van der Waals surface area contributed by atoms with E-state index in [1.807, 2.05) is 0 Å². The van der Waals surface area contributed by atoms with Gasteiger partial charge in [0.2, 0.25) is 0 Å². The molecule has 0 saturated heterocycles. The van der Waals surface area contributed by atoms with Gasteiger partial charge in [-0.25, -0.2) is 0 Å². The quantitative estimate of drug-likeness (QED) is 0.829. The van der Waals surface area contributed by atoms with E-state index >= 15 is 0 Å². The average Bonchev–Trinajstić information content (AvgIpc) is 2.48. The van der Waals surface area contributed by atoms with Crippen molar-refractivity contribution in [2.24, 2.45) is 0 Å². The third-order valence-corrected chi connectivity index (χ3v) is 1.81. The van der Waals surface area contributed by atoms with E-state index in [1.54, 1.807) is 0 Å². The predicted molar refractivity (Wildman–Crippen MR) is 42.2 cm³/mol. The molecule has 0 unspecified atom stereocenters. The second-order valence-electron chi connectivity index (χ2n) is 2.15. The highest BCUT2D eigenvalue weighted by Gasteiger charge is 2.33. The summed E-state index contributed by atoms with van der Waals surface area (Å²) in [4.78, 5) is 11.0. The summed E-state index contributed by atoms with van der Waals surface area (Å²) in [6.45, 7) is 0. The van der Waals surface area contributed by atoms with Crippen molar-refractivity contribution < 1.29 is 22.7 Å². The Balaban J connectivity index is 2.88. The number of hydrogen-bond donors (Lipinski definition) is 1. The molecule has 0 aliphatic rings. The molecule has 1 aromatic rings. The molecule has 0 aromatic carbocycles. The minimum atomic E-state index is -4.81. The topological polar surface area (TPSA) is 51.2 Å². The molecule has 1 N–H and O–H groups in total. The molecule has 1 rings (SSSR count). The lowest BCUT2D eigenvalue weighted by Gasteiger charge is -2.07. The van der Waals surface area contributed by atoms with Crippen LogP contribution in [0.15, 0.2) is 5.38 Å². The van der Waals surface area contributed by atoms with Gasteiger partial charge in [0.15, 0.2) is 11.4 Å². The number of halogens is 3. The van der Waals surface area contributed by atoms with Gasteiger partial charge in [0.25, 0.3) is 5.91 Å². The highest BCUT2D eigenvalue weighted by atomic mass is 32.1. The number of hydrogen-bond acceptors (Lipinski definition) is 4. The van der Waals surface area contributed by atoms with Crippen LogP contribution < -0.4 is 10.1 Å². The number of alkyl halides is 3. The summed E-state index contributed by atoms with van der Waals surface area (Å²) in [5.74, 6) is -1.30. The molecule has 0 fully saturated rings. The van der Waals surface area contributed by atoms with Gasteiger partial charge in [0.05, 0.1) is 5.38 Å². The van der Waals surface area contributed by atoms with Crippen LogP contribution in [-0.4, -0.2) is 23.7 Å². The van der Waals surface area contributed by atoms with Crippen molar-refractivity contribution in [3.63, 3.8) is 0 Å². The summed E-state index contributed by atoms with van der Waals surface area (Å²) < 4.78 is 42.4. The third kappa shape index (κ3) is 2.59. The molecule has 0 bridgehead atoms. The van der Waals surface area contributed by atoms with E-state index in [9.17, 15) is 18.0 Å². The van der Waals surface area contributed by atoms with Crippen LogP contribution in [-0.2, 0) is 0 Å². The van der Waals surface area contributed by atoms with Crippen LogP contribution >= 0.6 is 11.5 Å². The molecule has 0 aliphatic heterocycles. The Labute approximate surface area is 80.8 Å². The van der Waals surface area contributed by atoms with E-state index in [2.05, 4.69) is 14.4 Å². The second-order valence-corrected chi connectivity index (χ2v) is 2.78. The van der Waals surface area contributed by atoms with Gasteiger partial charge in [-0.15, -0.1) is 13.2 Å². The zero-order chi connectivity index (χ0) is 10.8. The van der Waals surface area contributed by atoms with E-state index in [-0.39, 0.29) is 5.69 Å². The molecule has 0 spiro atoms. The maximum Gasteiger partial charge on any atom is 0.573 e. The molecule has 0 saturated carbocycles. The van der Waals surface area contributed by atoms with Crippen molar-refractivity contribution in [2.75, 3.05) is 7.05 Å². The normalized spacial score (nSPS) is 11.1. The van der Waals surface area contributed by atoms with Crippen LogP contribution in [0.5, 0.6) is 5.75 Å². The van der Waals surface area contributed by atoms with E-state index < -0.39 is 18.0 Å². The zero-order valence-corrected chi connectivity index (χ0v) is 7.70. The molecule has 0 atom stereocenters. The van der Waals surface area contributed by atoms with Gasteiger partial charge in [-0.2, -0.15) is 4.37 Å². The van der Waals surface area contributed by atoms with Crippen LogP contribution in [0.25, 0.3) is 0 Å². The van der Waals surface area contributed by atoms with Crippen LogP contribution in [0.2, 0.25) is 0 Å². The van der Waals surface area contributed by atoms with E-state index in [4.69, 9.17) is 0 Å². The van der Waals surface area contributed by atoms with Gasteiger partial charge < -0.3 is 10.1 Å². The van der Waals surface area contributed by atoms with Crippen LogP contribution in [0.4, 0.5) is 13.2 Å². The first-order chi connectivity index (χ1) is 6.44. The Hall–Kier alpha value is -1.31. The standard InChI is InChI=1S/C6H5F3N2O2S/c1-10-5(12)4-3(2-14-11-4)13-6(7,8)9/h2H,1H3,(H,10,12). The van der Waals surface area contributed by atoms with Crippen molar-refractivity contribution in [1.82, 2.24) is 9.69 Å². The fraction of sp³-hybridized carbons (Fsp3) is 0.333. The first kappa shape index (κ1) is 10.8. The van der Waals surface area contributed by atoms with Crippen molar-refractivity contribution in [3.8, 4) is 5.75 Å². The van der Waals surface area contributed by atoms with Gasteiger partial charge in [-0.1, -0.05) is 0 Å². The van der Waals surface area contributed by atoms with Crippen LogP contribution in [0.1, 0.15) is 10.5 Å². The first-order valence-corrected chi connectivity index (χ1v) is 4.20. The molecule has 1 amide bonds. The van der Waals surface area contributed by atoms with Crippen molar-refractivity contribution in [3.05, 3.63) is 11.1 Å². The zero-order valence-electron chi connectivity index (χ0n) is 6.88. The Morgan fingerprint density at radius 1 is 1.64 bits per heavy atom. The number of nitrogens with one attached hydrogen (secondary N) is 1. The number of amides is 1. The van der Waals surface area contributed by atoms with Gasteiger partial charge in [-0.3, -0.25) is 4.79 Å². The highest BCUT2D eigenvalue weighted by Crippen LogP contribution is 2.27. The molecular formula is C6H5F3N2O2S. The second kappa shape index (κ2) is 3.82. The van der Waals surface area contributed by atoms with Crippen molar-refractivity contribution in [1.29, 1.82) is 0 Å². The lowest BCUT2D eigenvalue weighted by atomic mass is 10.4. The maximum atomic E-state index is 11.8. The molecule has 0 aliphatic carbocycles. The van der Waals surface area contributed by atoms with E-state index in [1.165, 1.54) is 7.05 Å². The van der Waals surface area contributed by atoms with E-state index in [0.29, 0.717) is 11.5 Å². The Bertz CT molecular complexity index is 336. The molecule has 1 aromatic heterocycles. The van der Waals surface area contributed by atoms with Gasteiger partial charge >= 0.3 is 6.36 Å². The number of carbonyl (C=O) groups is 1. The molecule has 0 radical (unpaired) electrons. The number of carbonyl (C=O) groups excluding carboxylic acids is 1. The lowest BCUT2D eigenvalue weighted by molar-refractivity contribution is -0.274. The first-order valence-electron chi connectivity index (χ1n) is 3.36. The number of nitrogens with zero attached hydrogens (tertiary/aromatic N) is 1. The van der Waals surface area contributed by atoms with E-state index in [0.717, 1.165) is 5.38 Å². The van der Waals surface area contributed by atoms with Gasteiger partial charge in [0.1, 0.15) is 0 Å². The summed E-state index contributed by atoms with van der Waals surface area (Å²) >= 11 is 0.715. The average molecular weight is 226 g/mol. The van der Waals surface area contributed by atoms with Crippen molar-refractivity contribution >= 4 is 17.4 Å². The van der Waals surface area contributed by atoms with Gasteiger partial charge in [-0.05, 0) is 11.5 Å². The Kier molecular flexibility index (Phi) is 2.94. The monoisotopic (exact) mass is 226 g/mol. The summed E-state index contributed by atoms with van der Waals surface area (Å²) in [6, 6.07) is 0. The van der Waals surface area contributed by atoms with Crippen LogP contribution in [0, 0.1) is 0 Å². The largest absolute Gasteiger partial charge is 0.573 e. The molecule has 4 nitrogen and oxygen atoms in total. The summed E-state index contributed by atoms with van der Waals surface area (Å²) in [5, 5.41) is 3.16. The number of ether oxygens (including phenoxy) is 1. The molecule has 1 heterocycles. The maximum absolute atomic E-state index is 11.8. The fourth-order valence-electron chi connectivity index (χ4n) is 0.697. The van der Waals surface area contributed by atoms with Crippen LogP contribution in [0.3, 0.4) is 0 Å². The highest BCUT2D eigenvalue weighted by molar-refractivity contribution is 7.04. The molecule has 78 valence electrons. The Morgan fingerprint density at radius 2 is 2.29 bits per heavy atom. The summed E-state index contributed by atoms with van der Waals surface area (Å²) in [7, 11) is 1.29. The summed E-state index contributed by atoms with van der Waals surface area (Å²) in [5.41, 5.74) is -0.366. The fourth-order valence-corrected chi connectivity index (χ4v) is 1.28. The molecule has 14 heavy (non-hydrogen) atoms. The summed E-state index contributed by atoms with van der Waals surface area (Å²) in [6.07, 6.45) is -4.81. The Morgan fingerprint density at radius 3 is 2.79 bits per heavy atom. The smallest absolute Gasteiger partial charge is 0.402 e. The van der Waals surface area contributed by atoms with Gasteiger partial charge in [0, 0.05) is 7.05 Å². The number of aromatic nitrogens is 1. The SMILES string of the molecule is CNC(=O)c1nscc1OC(F)(F)F. The lowest BCUT2D eigenvalue weighted by Crippen LogP contribution is -2.22.